The number of hydrogen-bond acceptors (Lipinski definition) is 5. The molecule has 25 heavy (non-hydrogen) atoms. The van der Waals surface area contributed by atoms with Gasteiger partial charge in [0, 0.05) is 19.7 Å². The van der Waals surface area contributed by atoms with Gasteiger partial charge in [0.2, 0.25) is 11.8 Å². The zero-order valence-electron chi connectivity index (χ0n) is 14.5. The van der Waals surface area contributed by atoms with Gasteiger partial charge >= 0.3 is 0 Å². The summed E-state index contributed by atoms with van der Waals surface area (Å²) < 4.78 is 1.59. The van der Waals surface area contributed by atoms with Gasteiger partial charge in [0.15, 0.2) is 0 Å². The van der Waals surface area contributed by atoms with Crippen molar-refractivity contribution in [2.75, 3.05) is 6.54 Å². The fraction of sp³-hybridized carbons (Fsp3) is 0.471. The van der Waals surface area contributed by atoms with Crippen molar-refractivity contribution in [1.82, 2.24) is 30.0 Å². The molecule has 1 aliphatic heterocycles. The molecule has 8 heteroatoms. The molecular weight excluding hydrogens is 320 g/mol. The highest BCUT2D eigenvalue weighted by Crippen LogP contribution is 2.30. The molecule has 8 nitrogen and oxygen atoms in total. The molecule has 1 fully saturated rings. The van der Waals surface area contributed by atoms with Crippen LogP contribution < -0.4 is 5.32 Å². The molecule has 2 aromatic heterocycles. The van der Waals surface area contributed by atoms with Crippen LogP contribution in [0.2, 0.25) is 0 Å². The highest BCUT2D eigenvalue weighted by atomic mass is 16.2. The second-order valence-electron chi connectivity index (χ2n) is 6.30. The van der Waals surface area contributed by atoms with E-state index in [1.54, 1.807) is 30.2 Å². The lowest BCUT2D eigenvalue weighted by molar-refractivity contribution is -0.129. The van der Waals surface area contributed by atoms with E-state index in [1.165, 1.54) is 0 Å². The number of carbonyl (C=O) groups excluding carboxylic acids is 2. The van der Waals surface area contributed by atoms with E-state index in [0.29, 0.717) is 12.2 Å². The molecule has 3 rings (SSSR count). The molecule has 0 unspecified atom stereocenters. The average molecular weight is 342 g/mol. The van der Waals surface area contributed by atoms with E-state index >= 15 is 0 Å². The van der Waals surface area contributed by atoms with Crippen LogP contribution in [-0.4, -0.2) is 43.0 Å². The number of aromatic nitrogens is 4. The molecule has 0 spiro atoms. The van der Waals surface area contributed by atoms with Crippen molar-refractivity contribution < 1.29 is 9.59 Å². The predicted octanol–water partition coefficient (Wildman–Crippen LogP) is 0.981. The number of rotatable bonds is 5. The number of hydrogen-bond donors (Lipinski definition) is 1. The summed E-state index contributed by atoms with van der Waals surface area (Å²) in [6, 6.07) is -0.0206. The molecule has 1 atom stereocenters. The molecule has 1 saturated heterocycles. The van der Waals surface area contributed by atoms with Gasteiger partial charge in [-0.05, 0) is 25.3 Å². The highest BCUT2D eigenvalue weighted by molar-refractivity contribution is 5.75. The molecule has 2 amide bonds. The van der Waals surface area contributed by atoms with Gasteiger partial charge < -0.3 is 10.2 Å². The summed E-state index contributed by atoms with van der Waals surface area (Å²) in [7, 11) is 0. The number of aryl methyl sites for hydroxylation is 1. The molecule has 2 aromatic rings. The first-order chi connectivity index (χ1) is 12.0. The third kappa shape index (κ3) is 4.20. The summed E-state index contributed by atoms with van der Waals surface area (Å²) in [6.45, 7) is 4.73. The minimum Gasteiger partial charge on any atom is -0.349 e. The van der Waals surface area contributed by atoms with Crippen LogP contribution in [0.25, 0.3) is 0 Å². The van der Waals surface area contributed by atoms with Gasteiger partial charge in [0.25, 0.3) is 0 Å². The minimum atomic E-state index is -0.137. The topological polar surface area (TPSA) is 93.0 Å². The minimum absolute atomic E-state index is 0.0206. The van der Waals surface area contributed by atoms with Gasteiger partial charge in [-0.25, -0.2) is 0 Å². The molecule has 0 aromatic carbocycles. The van der Waals surface area contributed by atoms with E-state index in [0.717, 1.165) is 30.6 Å². The average Bonchev–Trinajstić information content (AvgIpc) is 3.22. The van der Waals surface area contributed by atoms with Crippen LogP contribution in [0.1, 0.15) is 42.8 Å². The Morgan fingerprint density at radius 1 is 1.32 bits per heavy atom. The molecule has 3 heterocycles. The van der Waals surface area contributed by atoms with Crippen molar-refractivity contribution in [3.05, 3.63) is 41.7 Å². The predicted molar refractivity (Wildman–Crippen MR) is 90.2 cm³/mol. The first kappa shape index (κ1) is 17.1. The Labute approximate surface area is 146 Å². The monoisotopic (exact) mass is 342 g/mol. The Morgan fingerprint density at radius 3 is 2.88 bits per heavy atom. The summed E-state index contributed by atoms with van der Waals surface area (Å²) in [5.41, 5.74) is 2.47. The van der Waals surface area contributed by atoms with Crippen molar-refractivity contribution >= 4 is 11.8 Å². The Hall–Kier alpha value is -2.77. The summed E-state index contributed by atoms with van der Waals surface area (Å²) in [5.74, 6) is -0.0842. The molecule has 132 valence electrons. The largest absolute Gasteiger partial charge is 0.349 e. The van der Waals surface area contributed by atoms with Crippen LogP contribution in [-0.2, 0) is 22.7 Å². The number of amides is 2. The van der Waals surface area contributed by atoms with E-state index in [9.17, 15) is 9.59 Å². The Kier molecular flexibility index (Phi) is 5.06. The van der Waals surface area contributed by atoms with E-state index in [2.05, 4.69) is 20.4 Å². The lowest BCUT2D eigenvalue weighted by atomic mass is 10.1. The van der Waals surface area contributed by atoms with Gasteiger partial charge in [-0.3, -0.25) is 24.2 Å². The molecule has 0 radical (unpaired) electrons. The van der Waals surface area contributed by atoms with Crippen molar-refractivity contribution in [2.24, 2.45) is 0 Å². The fourth-order valence-electron chi connectivity index (χ4n) is 3.07. The Balaban J connectivity index is 1.60. The maximum absolute atomic E-state index is 12.0. The van der Waals surface area contributed by atoms with Gasteiger partial charge in [0.05, 0.1) is 42.6 Å². The van der Waals surface area contributed by atoms with Crippen LogP contribution in [0, 0.1) is 6.92 Å². The SMILES string of the molecule is CC(=O)N1CCC[C@H]1c1cncc(CNC(=O)Cn2cc(C)cn2)n1. The number of likely N-dealkylation sites (tertiary alicyclic amines) is 1. The van der Waals surface area contributed by atoms with Crippen LogP contribution in [0.5, 0.6) is 0 Å². The van der Waals surface area contributed by atoms with E-state index in [4.69, 9.17) is 0 Å². The third-order valence-electron chi connectivity index (χ3n) is 4.24. The van der Waals surface area contributed by atoms with Gasteiger partial charge in [0.1, 0.15) is 6.54 Å². The highest BCUT2D eigenvalue weighted by Gasteiger charge is 2.29. The lowest BCUT2D eigenvalue weighted by Crippen LogP contribution is -2.30. The van der Waals surface area contributed by atoms with Crippen LogP contribution in [0.4, 0.5) is 0 Å². The summed E-state index contributed by atoms with van der Waals surface area (Å²) in [4.78, 5) is 34.3. The van der Waals surface area contributed by atoms with E-state index in [-0.39, 0.29) is 24.4 Å². The maximum atomic E-state index is 12.0. The first-order valence-electron chi connectivity index (χ1n) is 8.36. The Morgan fingerprint density at radius 2 is 2.16 bits per heavy atom. The second kappa shape index (κ2) is 7.42. The van der Waals surface area contributed by atoms with Crippen molar-refractivity contribution in [3.63, 3.8) is 0 Å². The molecule has 0 aliphatic carbocycles. The van der Waals surface area contributed by atoms with E-state index in [1.807, 2.05) is 18.0 Å². The van der Waals surface area contributed by atoms with Crippen LogP contribution in [0.3, 0.4) is 0 Å². The van der Waals surface area contributed by atoms with Crippen molar-refractivity contribution in [1.29, 1.82) is 0 Å². The normalized spacial score (nSPS) is 16.9. The smallest absolute Gasteiger partial charge is 0.242 e. The summed E-state index contributed by atoms with van der Waals surface area (Å²) in [6.07, 6.45) is 8.72. The summed E-state index contributed by atoms with van der Waals surface area (Å²) >= 11 is 0. The number of carbonyl (C=O) groups is 2. The molecule has 0 bridgehead atoms. The van der Waals surface area contributed by atoms with Crippen molar-refractivity contribution in [2.45, 2.75) is 45.8 Å². The quantitative estimate of drug-likeness (QED) is 0.874. The van der Waals surface area contributed by atoms with Gasteiger partial charge in [-0.15, -0.1) is 0 Å². The van der Waals surface area contributed by atoms with Gasteiger partial charge in [-0.1, -0.05) is 0 Å². The Bertz CT molecular complexity index is 772. The molecule has 0 saturated carbocycles. The standard InChI is InChI=1S/C17H22N6O2/c1-12-6-20-22(10-12)11-17(25)19-8-14-7-18-9-15(21-14)16-4-3-5-23(16)13(2)24/h6-7,9-10,16H,3-5,8,11H2,1-2H3,(H,19,25)/t16-/m0/s1. The molecule has 1 N–H and O–H groups in total. The summed E-state index contributed by atoms with van der Waals surface area (Å²) in [5, 5.41) is 6.92. The second-order valence-corrected chi connectivity index (χ2v) is 6.30. The number of nitrogens with one attached hydrogen (secondary N) is 1. The van der Waals surface area contributed by atoms with Gasteiger partial charge in [-0.2, -0.15) is 5.10 Å². The van der Waals surface area contributed by atoms with Crippen molar-refractivity contribution in [3.8, 4) is 0 Å². The zero-order valence-corrected chi connectivity index (χ0v) is 14.5. The number of nitrogens with zero attached hydrogens (tertiary/aromatic N) is 5. The molecular formula is C17H22N6O2. The molecule has 1 aliphatic rings. The lowest BCUT2D eigenvalue weighted by Gasteiger charge is -2.22. The first-order valence-corrected chi connectivity index (χ1v) is 8.36. The van der Waals surface area contributed by atoms with Crippen LogP contribution >= 0.6 is 0 Å². The zero-order chi connectivity index (χ0) is 17.8. The third-order valence-corrected chi connectivity index (χ3v) is 4.24. The van der Waals surface area contributed by atoms with Crippen LogP contribution in [0.15, 0.2) is 24.8 Å². The fourth-order valence-corrected chi connectivity index (χ4v) is 3.07. The van der Waals surface area contributed by atoms with E-state index < -0.39 is 0 Å². The maximum Gasteiger partial charge on any atom is 0.242 e.